The van der Waals surface area contributed by atoms with Crippen LogP contribution >= 0.6 is 0 Å². The number of hydrogen-bond acceptors (Lipinski definition) is 1. The summed E-state index contributed by atoms with van der Waals surface area (Å²) in [6.45, 7) is 15.5. The van der Waals surface area contributed by atoms with Crippen molar-refractivity contribution in [1.82, 2.24) is 4.90 Å². The molecule has 18 heavy (non-hydrogen) atoms. The van der Waals surface area contributed by atoms with Gasteiger partial charge in [0.25, 0.3) is 0 Å². The smallest absolute Gasteiger partial charge is 0.00695 e. The Hall–Kier alpha value is -1.08. The quantitative estimate of drug-likeness (QED) is 0.538. The molecule has 0 heterocycles. The van der Waals surface area contributed by atoms with E-state index in [1.165, 1.54) is 12.0 Å². The second-order valence-corrected chi connectivity index (χ2v) is 4.96. The fourth-order valence-corrected chi connectivity index (χ4v) is 2.10. The highest BCUT2D eigenvalue weighted by Gasteiger charge is 2.14. The van der Waals surface area contributed by atoms with Crippen molar-refractivity contribution in [3.8, 4) is 0 Å². The van der Waals surface area contributed by atoms with E-state index in [0.29, 0.717) is 12.0 Å². The third-order valence-corrected chi connectivity index (χ3v) is 3.33. The average Bonchev–Trinajstić information content (AvgIpc) is 2.34. The number of rotatable bonds is 9. The Morgan fingerprint density at radius 2 is 1.89 bits per heavy atom. The Labute approximate surface area is 114 Å². The van der Waals surface area contributed by atoms with Crippen LogP contribution in [0.25, 0.3) is 0 Å². The van der Waals surface area contributed by atoms with Gasteiger partial charge in [-0.2, -0.15) is 0 Å². The molecular formula is C17H29N. The maximum atomic E-state index is 3.79. The Morgan fingerprint density at radius 3 is 2.39 bits per heavy atom. The van der Waals surface area contributed by atoms with Gasteiger partial charge in [0.05, 0.1) is 0 Å². The molecule has 0 N–H and O–H groups in total. The molecule has 1 heteroatoms. The molecule has 0 spiro atoms. The molecule has 2 unspecified atom stereocenters. The lowest BCUT2D eigenvalue weighted by Crippen LogP contribution is -2.31. The summed E-state index contributed by atoms with van der Waals surface area (Å²) in [6.07, 6.45) is 12.3. The molecule has 102 valence electrons. The summed E-state index contributed by atoms with van der Waals surface area (Å²) in [5.74, 6) is 0.536. The Kier molecular flexibility index (Phi) is 9.31. The normalized spacial score (nSPS) is 15.9. The minimum atomic E-state index is 0.536. The van der Waals surface area contributed by atoms with E-state index in [4.69, 9.17) is 0 Å². The van der Waals surface area contributed by atoms with Crippen molar-refractivity contribution in [2.24, 2.45) is 5.92 Å². The number of hydrogen-bond donors (Lipinski definition) is 0. The van der Waals surface area contributed by atoms with Crippen LogP contribution < -0.4 is 0 Å². The average molecular weight is 247 g/mol. The Morgan fingerprint density at radius 1 is 1.22 bits per heavy atom. The van der Waals surface area contributed by atoms with Crippen LogP contribution in [-0.4, -0.2) is 24.5 Å². The Balaban J connectivity index is 4.55. The second-order valence-electron chi connectivity index (χ2n) is 4.96. The molecule has 0 aromatic carbocycles. The van der Waals surface area contributed by atoms with Crippen molar-refractivity contribution in [2.75, 3.05) is 13.6 Å². The predicted molar refractivity (Wildman–Crippen MR) is 83.8 cm³/mol. The summed E-state index contributed by atoms with van der Waals surface area (Å²) in [6, 6.07) is 0.602. The maximum Gasteiger partial charge on any atom is 0.00695 e. The molecule has 0 aliphatic rings. The summed E-state index contributed by atoms with van der Waals surface area (Å²) in [5.41, 5.74) is 1.32. The van der Waals surface area contributed by atoms with Crippen molar-refractivity contribution in [1.29, 1.82) is 0 Å². The van der Waals surface area contributed by atoms with E-state index in [0.717, 1.165) is 13.0 Å². The molecule has 0 saturated heterocycles. The fourth-order valence-electron chi connectivity index (χ4n) is 2.10. The van der Waals surface area contributed by atoms with Gasteiger partial charge in [0.1, 0.15) is 0 Å². The van der Waals surface area contributed by atoms with Crippen LogP contribution in [0.1, 0.15) is 33.6 Å². The van der Waals surface area contributed by atoms with Gasteiger partial charge in [-0.1, -0.05) is 57.4 Å². The lowest BCUT2D eigenvalue weighted by atomic mass is 9.93. The third-order valence-electron chi connectivity index (χ3n) is 3.33. The molecule has 0 radical (unpaired) electrons. The summed E-state index contributed by atoms with van der Waals surface area (Å²) >= 11 is 0. The topological polar surface area (TPSA) is 3.24 Å². The standard InChI is InChI=1S/C17H29N/c1-7-10-12-17(11-8-2)15(4)14-16(5)18(6)13-9-3/h7-8,10-12,15-16H,1-2,9,13-14H2,3-6H3/b12-10-,17-11+. The molecule has 0 amide bonds. The largest absolute Gasteiger partial charge is 0.304 e. The van der Waals surface area contributed by atoms with Crippen molar-refractivity contribution in [3.05, 3.63) is 49.1 Å². The first-order valence-corrected chi connectivity index (χ1v) is 6.88. The summed E-state index contributed by atoms with van der Waals surface area (Å²) < 4.78 is 0. The lowest BCUT2D eigenvalue weighted by Gasteiger charge is -2.27. The molecule has 2 atom stereocenters. The molecule has 0 aromatic heterocycles. The van der Waals surface area contributed by atoms with Gasteiger partial charge in [-0.05, 0) is 44.8 Å². The molecule has 0 aromatic rings. The first-order chi connectivity index (χ1) is 8.56. The molecule has 0 bridgehead atoms. The van der Waals surface area contributed by atoms with Crippen molar-refractivity contribution >= 4 is 0 Å². The van der Waals surface area contributed by atoms with Crippen LogP contribution in [0.5, 0.6) is 0 Å². The van der Waals surface area contributed by atoms with Crippen LogP contribution in [0.2, 0.25) is 0 Å². The van der Waals surface area contributed by atoms with E-state index < -0.39 is 0 Å². The van der Waals surface area contributed by atoms with Gasteiger partial charge in [-0.15, -0.1) is 0 Å². The van der Waals surface area contributed by atoms with Gasteiger partial charge < -0.3 is 4.90 Å². The molecule has 1 nitrogen and oxygen atoms in total. The van der Waals surface area contributed by atoms with E-state index in [1.807, 2.05) is 18.2 Å². The van der Waals surface area contributed by atoms with Crippen LogP contribution in [0, 0.1) is 5.92 Å². The van der Waals surface area contributed by atoms with Gasteiger partial charge in [0, 0.05) is 6.04 Å². The van der Waals surface area contributed by atoms with Crippen LogP contribution in [-0.2, 0) is 0 Å². The van der Waals surface area contributed by atoms with Crippen molar-refractivity contribution < 1.29 is 0 Å². The number of nitrogens with zero attached hydrogens (tertiary/aromatic N) is 1. The van der Waals surface area contributed by atoms with Gasteiger partial charge in [0.2, 0.25) is 0 Å². The number of allylic oxidation sites excluding steroid dienone is 6. The van der Waals surface area contributed by atoms with Crippen molar-refractivity contribution in [3.63, 3.8) is 0 Å². The lowest BCUT2D eigenvalue weighted by molar-refractivity contribution is 0.232. The highest BCUT2D eigenvalue weighted by Crippen LogP contribution is 2.20. The minimum Gasteiger partial charge on any atom is -0.304 e. The monoisotopic (exact) mass is 247 g/mol. The van der Waals surface area contributed by atoms with Crippen LogP contribution in [0.4, 0.5) is 0 Å². The van der Waals surface area contributed by atoms with Crippen LogP contribution in [0.15, 0.2) is 49.1 Å². The van der Waals surface area contributed by atoms with E-state index in [1.54, 1.807) is 0 Å². The van der Waals surface area contributed by atoms with E-state index in [-0.39, 0.29) is 0 Å². The van der Waals surface area contributed by atoms with E-state index in [9.17, 15) is 0 Å². The van der Waals surface area contributed by atoms with Crippen molar-refractivity contribution in [2.45, 2.75) is 39.7 Å². The van der Waals surface area contributed by atoms with Gasteiger partial charge in [0.15, 0.2) is 0 Å². The minimum absolute atomic E-state index is 0.536. The van der Waals surface area contributed by atoms with Gasteiger partial charge >= 0.3 is 0 Å². The third kappa shape index (κ3) is 6.61. The predicted octanol–water partition coefficient (Wildman–Crippen LogP) is 4.60. The molecule has 0 aliphatic heterocycles. The van der Waals surface area contributed by atoms with Gasteiger partial charge in [-0.3, -0.25) is 0 Å². The zero-order valence-corrected chi connectivity index (χ0v) is 12.5. The molecule has 0 aliphatic carbocycles. The van der Waals surface area contributed by atoms with E-state index in [2.05, 4.69) is 58.0 Å². The highest BCUT2D eigenvalue weighted by atomic mass is 15.1. The molecule has 0 saturated carbocycles. The molecule has 0 fully saturated rings. The summed E-state index contributed by atoms with van der Waals surface area (Å²) in [7, 11) is 2.21. The summed E-state index contributed by atoms with van der Waals surface area (Å²) in [4.78, 5) is 2.43. The molecular weight excluding hydrogens is 218 g/mol. The second kappa shape index (κ2) is 9.90. The summed E-state index contributed by atoms with van der Waals surface area (Å²) in [5, 5.41) is 0. The first kappa shape index (κ1) is 16.9. The van der Waals surface area contributed by atoms with Gasteiger partial charge in [-0.25, -0.2) is 0 Å². The van der Waals surface area contributed by atoms with Crippen LogP contribution in [0.3, 0.4) is 0 Å². The highest BCUT2D eigenvalue weighted by molar-refractivity contribution is 5.27. The first-order valence-electron chi connectivity index (χ1n) is 6.88. The maximum absolute atomic E-state index is 3.79. The SMILES string of the molecule is C=C/C=C\C(=C/C=C)C(C)CC(C)N(C)CCC. The zero-order valence-electron chi connectivity index (χ0n) is 12.5. The molecule has 0 rings (SSSR count). The zero-order chi connectivity index (χ0) is 14.0. The fraction of sp³-hybridized carbons (Fsp3) is 0.529. The Bertz CT molecular complexity index is 299. The van der Waals surface area contributed by atoms with E-state index >= 15 is 0 Å².